The number of nitrogens with zero attached hydrogens (tertiary/aromatic N) is 3. The van der Waals surface area contributed by atoms with E-state index in [1.807, 2.05) is 29.8 Å². The predicted octanol–water partition coefficient (Wildman–Crippen LogP) is 3.64. The van der Waals surface area contributed by atoms with Gasteiger partial charge in [-0.3, -0.25) is 14.5 Å². The van der Waals surface area contributed by atoms with Gasteiger partial charge in [0.05, 0.1) is 24.0 Å². The number of nitrogens with one attached hydrogen (secondary N) is 1. The lowest BCUT2D eigenvalue weighted by Crippen LogP contribution is -2.31. The summed E-state index contributed by atoms with van der Waals surface area (Å²) in [5, 5.41) is 7.87. The summed E-state index contributed by atoms with van der Waals surface area (Å²) in [6.07, 6.45) is 6.76. The Balaban J connectivity index is 1.45. The number of ether oxygens (including phenoxy) is 1. The summed E-state index contributed by atoms with van der Waals surface area (Å²) in [4.78, 5) is 17.3. The first-order chi connectivity index (χ1) is 14.9. The van der Waals surface area contributed by atoms with Gasteiger partial charge in [0.15, 0.2) is 5.76 Å². The largest absolute Gasteiger partial charge is 0.455 e. The molecule has 5 rings (SSSR count). The van der Waals surface area contributed by atoms with E-state index in [-0.39, 0.29) is 17.4 Å². The summed E-state index contributed by atoms with van der Waals surface area (Å²) in [6.45, 7) is 8.22. The van der Waals surface area contributed by atoms with Crippen LogP contribution >= 0.6 is 0 Å². The van der Waals surface area contributed by atoms with Crippen molar-refractivity contribution in [1.82, 2.24) is 20.1 Å². The quantitative estimate of drug-likeness (QED) is 0.682. The highest BCUT2D eigenvalue weighted by Gasteiger charge is 2.38. The van der Waals surface area contributed by atoms with E-state index in [0.717, 1.165) is 54.1 Å². The lowest BCUT2D eigenvalue weighted by molar-refractivity contribution is 0.0832. The number of fused-ring (bicyclic) bond motifs is 3. The zero-order chi connectivity index (χ0) is 21.6. The fraction of sp³-hybridized carbons (Fsp3) is 0.458. The minimum Gasteiger partial charge on any atom is -0.455 e. The van der Waals surface area contributed by atoms with Crippen molar-refractivity contribution in [1.29, 1.82) is 0 Å². The Morgan fingerprint density at radius 3 is 2.97 bits per heavy atom. The van der Waals surface area contributed by atoms with Crippen LogP contribution in [0.3, 0.4) is 0 Å². The molecule has 3 aromatic heterocycles. The van der Waals surface area contributed by atoms with Gasteiger partial charge in [-0.1, -0.05) is 19.9 Å². The Bertz CT molecular complexity index is 1110. The topological polar surface area (TPSA) is 82.2 Å². The summed E-state index contributed by atoms with van der Waals surface area (Å²) < 4.78 is 13.7. The van der Waals surface area contributed by atoms with E-state index in [1.54, 1.807) is 6.20 Å². The van der Waals surface area contributed by atoms with E-state index in [4.69, 9.17) is 14.3 Å². The molecule has 4 heterocycles. The molecular formula is C24H28N4O3. The number of pyridine rings is 1. The number of furan rings is 1. The molecule has 1 aliphatic heterocycles. The van der Waals surface area contributed by atoms with Crippen molar-refractivity contribution < 1.29 is 13.9 Å². The second kappa shape index (κ2) is 7.64. The van der Waals surface area contributed by atoms with Crippen molar-refractivity contribution >= 4 is 5.91 Å². The minimum absolute atomic E-state index is 0.0988. The Morgan fingerprint density at radius 2 is 2.23 bits per heavy atom. The van der Waals surface area contributed by atoms with Crippen LogP contribution in [0.1, 0.15) is 59.8 Å². The number of amides is 1. The lowest BCUT2D eigenvalue weighted by Gasteiger charge is -2.28. The molecule has 1 saturated heterocycles. The van der Waals surface area contributed by atoms with Crippen LogP contribution in [-0.2, 0) is 23.1 Å². The molecular weight excluding hydrogens is 392 g/mol. The SMILES string of the molecule is Cc1c(C(=O)NCC2CCCO2)oc2c1-c1nn(Cc3ccccn3)cc1C(C)(C)C2. The van der Waals surface area contributed by atoms with E-state index >= 15 is 0 Å². The van der Waals surface area contributed by atoms with Gasteiger partial charge in [-0.25, -0.2) is 0 Å². The second-order valence-electron chi connectivity index (χ2n) is 9.17. The molecule has 0 spiro atoms. The number of carbonyl (C=O) groups is 1. The van der Waals surface area contributed by atoms with Crippen LogP contribution in [0.5, 0.6) is 0 Å². The molecule has 0 saturated carbocycles. The number of carbonyl (C=O) groups excluding carboxylic acids is 1. The fourth-order valence-electron chi connectivity index (χ4n) is 4.65. The van der Waals surface area contributed by atoms with E-state index in [9.17, 15) is 4.79 Å². The standard InChI is InChI=1S/C24H28N4O3/c1-15-20-19(31-22(15)23(29)26-12-17-8-6-10-30-17)11-24(2,3)18-14-28(27-21(18)20)13-16-7-4-5-9-25-16/h4-5,7,9,14,17H,6,8,10-13H2,1-3H3,(H,26,29). The van der Waals surface area contributed by atoms with E-state index in [1.165, 1.54) is 5.56 Å². The number of aromatic nitrogens is 3. The van der Waals surface area contributed by atoms with E-state index in [2.05, 4.69) is 30.3 Å². The molecule has 7 nitrogen and oxygen atoms in total. The molecule has 7 heteroatoms. The number of hydrogen-bond donors (Lipinski definition) is 1. The zero-order valence-electron chi connectivity index (χ0n) is 18.3. The van der Waals surface area contributed by atoms with Crippen LogP contribution in [-0.4, -0.2) is 39.9 Å². The van der Waals surface area contributed by atoms with Gasteiger partial charge in [0.2, 0.25) is 0 Å². The molecule has 0 radical (unpaired) electrons. The molecule has 0 bridgehead atoms. The molecule has 2 aliphatic rings. The predicted molar refractivity (Wildman–Crippen MR) is 116 cm³/mol. The van der Waals surface area contributed by atoms with Gasteiger partial charge < -0.3 is 14.5 Å². The Morgan fingerprint density at radius 1 is 1.35 bits per heavy atom. The van der Waals surface area contributed by atoms with E-state index < -0.39 is 0 Å². The maximum atomic E-state index is 12.9. The molecule has 31 heavy (non-hydrogen) atoms. The molecule has 1 fully saturated rings. The van der Waals surface area contributed by atoms with Crippen LogP contribution in [0.25, 0.3) is 11.3 Å². The highest BCUT2D eigenvalue weighted by molar-refractivity contribution is 5.95. The molecule has 1 atom stereocenters. The molecule has 1 unspecified atom stereocenters. The van der Waals surface area contributed by atoms with Gasteiger partial charge in [-0.2, -0.15) is 5.10 Å². The van der Waals surface area contributed by atoms with Crippen molar-refractivity contribution in [3.63, 3.8) is 0 Å². The summed E-state index contributed by atoms with van der Waals surface area (Å²) >= 11 is 0. The molecule has 162 valence electrons. The van der Waals surface area contributed by atoms with Gasteiger partial charge in [0.25, 0.3) is 5.91 Å². The van der Waals surface area contributed by atoms with Crippen LogP contribution in [0.2, 0.25) is 0 Å². The Labute approximate surface area is 181 Å². The third-order valence-electron chi connectivity index (χ3n) is 6.32. The summed E-state index contributed by atoms with van der Waals surface area (Å²) in [5.41, 5.74) is 4.70. The van der Waals surface area contributed by atoms with Crippen LogP contribution in [0, 0.1) is 6.92 Å². The lowest BCUT2D eigenvalue weighted by atomic mass is 9.75. The summed E-state index contributed by atoms with van der Waals surface area (Å²) in [7, 11) is 0. The maximum Gasteiger partial charge on any atom is 0.287 e. The zero-order valence-corrected chi connectivity index (χ0v) is 18.3. The third kappa shape index (κ3) is 3.67. The van der Waals surface area contributed by atoms with Crippen molar-refractivity contribution in [3.8, 4) is 11.3 Å². The highest BCUT2D eigenvalue weighted by atomic mass is 16.5. The van der Waals surface area contributed by atoms with Crippen LogP contribution in [0.4, 0.5) is 0 Å². The minimum atomic E-state index is -0.185. The monoisotopic (exact) mass is 420 g/mol. The van der Waals surface area contributed by atoms with Crippen molar-refractivity contribution in [2.75, 3.05) is 13.2 Å². The van der Waals surface area contributed by atoms with Gasteiger partial charge in [-0.05, 0) is 31.9 Å². The van der Waals surface area contributed by atoms with Crippen LogP contribution < -0.4 is 5.32 Å². The first-order valence-corrected chi connectivity index (χ1v) is 10.9. The smallest absolute Gasteiger partial charge is 0.287 e. The number of hydrogen-bond acceptors (Lipinski definition) is 5. The second-order valence-corrected chi connectivity index (χ2v) is 9.17. The first-order valence-electron chi connectivity index (χ1n) is 10.9. The maximum absolute atomic E-state index is 12.9. The Kier molecular flexibility index (Phi) is 4.93. The normalized spacial score (nSPS) is 19.1. The summed E-state index contributed by atoms with van der Waals surface area (Å²) in [5.74, 6) is 1.03. The van der Waals surface area contributed by atoms with Gasteiger partial charge in [0, 0.05) is 54.1 Å². The Hall–Kier alpha value is -2.93. The van der Waals surface area contributed by atoms with Crippen molar-refractivity contribution in [2.45, 2.75) is 58.1 Å². The van der Waals surface area contributed by atoms with Crippen molar-refractivity contribution in [3.05, 3.63) is 58.9 Å². The fourth-order valence-corrected chi connectivity index (χ4v) is 4.65. The molecule has 1 N–H and O–H groups in total. The van der Waals surface area contributed by atoms with Crippen LogP contribution in [0.15, 0.2) is 35.0 Å². The molecule has 1 aliphatic carbocycles. The van der Waals surface area contributed by atoms with Gasteiger partial charge in [0.1, 0.15) is 5.76 Å². The average Bonchev–Trinajstić information content (AvgIpc) is 3.46. The van der Waals surface area contributed by atoms with E-state index in [0.29, 0.717) is 18.8 Å². The third-order valence-corrected chi connectivity index (χ3v) is 6.32. The molecule has 3 aromatic rings. The highest BCUT2D eigenvalue weighted by Crippen LogP contribution is 2.45. The molecule has 0 aromatic carbocycles. The first kappa shape index (κ1) is 20.0. The average molecular weight is 421 g/mol. The number of rotatable bonds is 5. The van der Waals surface area contributed by atoms with Crippen molar-refractivity contribution in [2.24, 2.45) is 0 Å². The summed E-state index contributed by atoms with van der Waals surface area (Å²) in [6, 6.07) is 5.89. The molecule has 1 amide bonds. The van der Waals surface area contributed by atoms with Gasteiger partial charge >= 0.3 is 0 Å². The van der Waals surface area contributed by atoms with Gasteiger partial charge in [-0.15, -0.1) is 0 Å².